The average Bonchev–Trinajstić information content (AvgIpc) is 2.44. The molecule has 0 saturated heterocycles. The number of hydrazine groups is 1. The highest BCUT2D eigenvalue weighted by atomic mass is 32.2. The number of methoxy groups -OCH3 is 1. The highest BCUT2D eigenvalue weighted by Crippen LogP contribution is 2.29. The minimum absolute atomic E-state index is 0.872. The van der Waals surface area contributed by atoms with Crippen LogP contribution < -0.4 is 15.6 Å². The third kappa shape index (κ3) is 0.637. The molecule has 2 heterocycles. The summed E-state index contributed by atoms with van der Waals surface area (Å²) >= 11 is 1.47. The van der Waals surface area contributed by atoms with Crippen LogP contribution in [0, 0.1) is 0 Å². The fourth-order valence-corrected chi connectivity index (χ4v) is 1.57. The van der Waals surface area contributed by atoms with Crippen LogP contribution in [0.15, 0.2) is 22.7 Å². The van der Waals surface area contributed by atoms with Gasteiger partial charge in [0.25, 0.3) is 0 Å². The Morgan fingerprint density at radius 3 is 3.30 bits per heavy atom. The lowest BCUT2D eigenvalue weighted by molar-refractivity contribution is 0.320. The number of nitrogens with one attached hydrogen (secondary N) is 3. The zero-order valence-corrected chi connectivity index (χ0v) is 6.21. The fourth-order valence-electron chi connectivity index (χ4n) is 0.857. The number of rotatable bonds is 1. The van der Waals surface area contributed by atoms with Gasteiger partial charge in [-0.25, -0.2) is 0 Å². The maximum absolute atomic E-state index is 5.06. The lowest BCUT2D eigenvalue weighted by atomic mass is 10.4. The fraction of sp³-hybridized carbons (Fsp3) is 0.200. The third-order valence-electron chi connectivity index (χ3n) is 1.33. The van der Waals surface area contributed by atoms with Crippen molar-refractivity contribution in [2.24, 2.45) is 0 Å². The van der Waals surface area contributed by atoms with Crippen LogP contribution >= 0.6 is 11.9 Å². The summed E-state index contributed by atoms with van der Waals surface area (Å²) in [5.74, 6) is 0. The molecule has 2 rings (SSSR count). The van der Waals surface area contributed by atoms with Gasteiger partial charge in [-0.3, -0.25) is 5.43 Å². The monoisotopic (exact) mass is 157 g/mol. The van der Waals surface area contributed by atoms with Gasteiger partial charge in [0.05, 0.1) is 12.8 Å². The van der Waals surface area contributed by atoms with Crippen LogP contribution in [-0.4, -0.2) is 7.11 Å². The van der Waals surface area contributed by atoms with Crippen LogP contribution in [0.5, 0.6) is 0 Å². The molecule has 54 valence electrons. The molecule has 0 aromatic heterocycles. The number of fused-ring (bicyclic) bond motifs is 1. The van der Waals surface area contributed by atoms with Gasteiger partial charge in [0.1, 0.15) is 5.70 Å². The first kappa shape index (κ1) is 5.79. The van der Waals surface area contributed by atoms with Gasteiger partial charge in [-0.2, -0.15) is 0 Å². The summed E-state index contributed by atoms with van der Waals surface area (Å²) in [6.45, 7) is 0. The van der Waals surface area contributed by atoms with Crippen LogP contribution in [0.4, 0.5) is 0 Å². The molecule has 0 aromatic carbocycles. The summed E-state index contributed by atoms with van der Waals surface area (Å²) in [6, 6.07) is 0. The van der Waals surface area contributed by atoms with Crippen molar-refractivity contribution < 1.29 is 4.74 Å². The van der Waals surface area contributed by atoms with Crippen molar-refractivity contribution >= 4 is 11.9 Å². The van der Waals surface area contributed by atoms with Gasteiger partial charge in [-0.05, 0) is 0 Å². The van der Waals surface area contributed by atoms with Crippen molar-refractivity contribution in [3.8, 4) is 0 Å². The standard InChI is InChI=1S/C5H7N3OS/c1-9-5-4-3(8-10-5)2-6-7-4/h2,6-8H,1H3. The van der Waals surface area contributed by atoms with Gasteiger partial charge >= 0.3 is 0 Å². The van der Waals surface area contributed by atoms with Crippen LogP contribution in [0.3, 0.4) is 0 Å². The smallest absolute Gasteiger partial charge is 0.200 e. The zero-order valence-electron chi connectivity index (χ0n) is 5.39. The van der Waals surface area contributed by atoms with Gasteiger partial charge in [-0.1, -0.05) is 0 Å². The van der Waals surface area contributed by atoms with Crippen molar-refractivity contribution in [3.63, 3.8) is 0 Å². The lowest BCUT2D eigenvalue weighted by Gasteiger charge is -2.00. The predicted molar refractivity (Wildman–Crippen MR) is 39.1 cm³/mol. The molecule has 0 saturated carbocycles. The van der Waals surface area contributed by atoms with Crippen LogP contribution in [0.25, 0.3) is 0 Å². The summed E-state index contributed by atoms with van der Waals surface area (Å²) in [6.07, 6.45) is 1.86. The van der Waals surface area contributed by atoms with E-state index >= 15 is 0 Å². The molecule has 0 spiro atoms. The second-order valence-electron chi connectivity index (χ2n) is 1.90. The van der Waals surface area contributed by atoms with E-state index in [9.17, 15) is 0 Å². The summed E-state index contributed by atoms with van der Waals surface area (Å²) < 4.78 is 8.14. The Bertz CT molecular complexity index is 223. The molecule has 0 aliphatic carbocycles. The number of hydrogen-bond acceptors (Lipinski definition) is 5. The van der Waals surface area contributed by atoms with Gasteiger partial charge in [0, 0.05) is 18.1 Å². The van der Waals surface area contributed by atoms with E-state index < -0.39 is 0 Å². The number of ether oxygens (including phenoxy) is 1. The van der Waals surface area contributed by atoms with Crippen molar-refractivity contribution in [1.29, 1.82) is 0 Å². The van der Waals surface area contributed by atoms with E-state index in [2.05, 4.69) is 15.6 Å². The SMILES string of the molecule is COC1=C2NNC=C2NS1. The maximum Gasteiger partial charge on any atom is 0.200 e. The van der Waals surface area contributed by atoms with Gasteiger partial charge < -0.3 is 14.9 Å². The second kappa shape index (κ2) is 2.02. The molecule has 0 aromatic rings. The zero-order chi connectivity index (χ0) is 6.97. The molecule has 10 heavy (non-hydrogen) atoms. The van der Waals surface area contributed by atoms with E-state index in [0.717, 1.165) is 16.5 Å². The second-order valence-corrected chi connectivity index (χ2v) is 2.68. The van der Waals surface area contributed by atoms with Gasteiger partial charge in [0.2, 0.25) is 5.09 Å². The topological polar surface area (TPSA) is 45.3 Å². The normalized spacial score (nSPS) is 20.7. The largest absolute Gasteiger partial charge is 0.487 e. The minimum atomic E-state index is 0.872. The van der Waals surface area contributed by atoms with Crippen LogP contribution in [0.1, 0.15) is 0 Å². The molecule has 0 amide bonds. The molecule has 0 fully saturated rings. The molecule has 0 unspecified atom stereocenters. The van der Waals surface area contributed by atoms with Gasteiger partial charge in [-0.15, -0.1) is 0 Å². The van der Waals surface area contributed by atoms with E-state index in [0.29, 0.717) is 0 Å². The van der Waals surface area contributed by atoms with E-state index in [1.165, 1.54) is 11.9 Å². The van der Waals surface area contributed by atoms with Crippen molar-refractivity contribution in [2.75, 3.05) is 7.11 Å². The Hall–Kier alpha value is -0.970. The summed E-state index contributed by atoms with van der Waals surface area (Å²) in [5.41, 5.74) is 7.85. The highest BCUT2D eigenvalue weighted by molar-refractivity contribution is 8.01. The molecular formula is C5H7N3OS. The molecule has 2 aliphatic rings. The summed E-state index contributed by atoms with van der Waals surface area (Å²) in [5, 5.41) is 0.872. The quantitative estimate of drug-likeness (QED) is 0.468. The van der Waals surface area contributed by atoms with Crippen LogP contribution in [0.2, 0.25) is 0 Å². The summed E-state index contributed by atoms with van der Waals surface area (Å²) in [4.78, 5) is 0. The summed E-state index contributed by atoms with van der Waals surface area (Å²) in [7, 11) is 1.65. The molecule has 4 nitrogen and oxygen atoms in total. The lowest BCUT2D eigenvalue weighted by Crippen LogP contribution is -2.19. The Morgan fingerprint density at radius 2 is 2.50 bits per heavy atom. The van der Waals surface area contributed by atoms with Crippen molar-refractivity contribution in [3.05, 3.63) is 22.7 Å². The Balaban J connectivity index is 2.33. The Kier molecular flexibility index (Phi) is 1.17. The van der Waals surface area contributed by atoms with Crippen LogP contribution in [-0.2, 0) is 4.74 Å². The van der Waals surface area contributed by atoms with Gasteiger partial charge in [0.15, 0.2) is 0 Å². The Labute approximate surface area is 62.8 Å². The molecule has 3 N–H and O–H groups in total. The predicted octanol–water partition coefficient (Wildman–Crippen LogP) is 0.00250. The van der Waals surface area contributed by atoms with E-state index in [4.69, 9.17) is 4.74 Å². The maximum atomic E-state index is 5.06. The minimum Gasteiger partial charge on any atom is -0.487 e. The third-order valence-corrected chi connectivity index (χ3v) is 2.20. The number of hydrogen-bond donors (Lipinski definition) is 3. The van der Waals surface area contributed by atoms with E-state index in [1.54, 1.807) is 7.11 Å². The Morgan fingerprint density at radius 1 is 1.60 bits per heavy atom. The average molecular weight is 157 g/mol. The molecule has 0 atom stereocenters. The first-order chi connectivity index (χ1) is 4.92. The molecular weight excluding hydrogens is 150 g/mol. The van der Waals surface area contributed by atoms with Crippen molar-refractivity contribution in [2.45, 2.75) is 0 Å². The van der Waals surface area contributed by atoms with Crippen molar-refractivity contribution in [1.82, 2.24) is 15.6 Å². The van der Waals surface area contributed by atoms with E-state index in [-0.39, 0.29) is 0 Å². The molecule has 5 heteroatoms. The molecule has 2 aliphatic heterocycles. The highest BCUT2D eigenvalue weighted by Gasteiger charge is 2.24. The first-order valence-corrected chi connectivity index (χ1v) is 3.66. The van der Waals surface area contributed by atoms with E-state index in [1.807, 2.05) is 6.20 Å². The molecule has 0 radical (unpaired) electrons. The first-order valence-electron chi connectivity index (χ1n) is 2.85. The molecule has 0 bridgehead atoms.